The van der Waals surface area contributed by atoms with Crippen molar-refractivity contribution in [1.29, 1.82) is 0 Å². The molecule has 2 saturated heterocycles. The van der Waals surface area contributed by atoms with Crippen molar-refractivity contribution in [1.82, 2.24) is 9.80 Å². The minimum absolute atomic E-state index is 0.248. The fraction of sp³-hybridized carbons (Fsp3) is 0.875. The summed E-state index contributed by atoms with van der Waals surface area (Å²) in [5.41, 5.74) is -0.834. The van der Waals surface area contributed by atoms with Gasteiger partial charge in [-0.15, -0.1) is 0 Å². The molecule has 2 fully saturated rings. The maximum atomic E-state index is 12.2. The zero-order valence-electron chi connectivity index (χ0n) is 15.0. The lowest BCUT2D eigenvalue weighted by Crippen LogP contribution is -2.52. The molecule has 0 aliphatic carbocycles. The number of nitrogens with zero attached hydrogens (tertiary/aromatic N) is 2. The van der Waals surface area contributed by atoms with Gasteiger partial charge in [-0.3, -0.25) is 0 Å². The summed E-state index contributed by atoms with van der Waals surface area (Å²) in [5, 5.41) is 0. The summed E-state index contributed by atoms with van der Waals surface area (Å²) in [6.45, 7) is 10.7. The molecule has 0 radical (unpaired) electrons. The van der Waals surface area contributed by atoms with Crippen molar-refractivity contribution in [2.24, 2.45) is 5.41 Å². The molecule has 0 N–H and O–H groups in total. The number of hydrogen-bond donors (Lipinski definition) is 0. The molecule has 0 atom stereocenters. The van der Waals surface area contributed by atoms with Crippen LogP contribution in [0.2, 0.25) is 0 Å². The van der Waals surface area contributed by atoms with Crippen LogP contribution in [0.25, 0.3) is 0 Å². The molecule has 0 aromatic rings. The first kappa shape index (κ1) is 18.8. The first-order valence-electron chi connectivity index (χ1n) is 8.24. The Morgan fingerprint density at radius 3 is 2.00 bits per heavy atom. The highest BCUT2D eigenvalue weighted by Gasteiger charge is 2.32. The van der Waals surface area contributed by atoms with E-state index in [1.54, 1.807) is 9.80 Å². The van der Waals surface area contributed by atoms with Crippen LogP contribution in [0.5, 0.6) is 0 Å². The highest BCUT2D eigenvalue weighted by Crippen LogP contribution is 2.22. The number of hydrogen-bond acceptors (Lipinski definition) is 6. The van der Waals surface area contributed by atoms with E-state index < -0.39 is 5.60 Å². The van der Waals surface area contributed by atoms with E-state index in [2.05, 4.69) is 0 Å². The highest BCUT2D eigenvalue weighted by atomic mass is 16.7. The smallest absolute Gasteiger partial charge is 0.410 e. The average Bonchev–Trinajstić information content (AvgIpc) is 2.52. The van der Waals surface area contributed by atoms with Gasteiger partial charge >= 0.3 is 12.2 Å². The van der Waals surface area contributed by atoms with Crippen LogP contribution in [-0.2, 0) is 18.9 Å². The lowest BCUT2D eigenvalue weighted by Gasteiger charge is -2.36. The number of carbonyl (C=O) groups excluding carboxylic acids is 2. The molecule has 8 heteroatoms. The Hall–Kier alpha value is -1.54. The van der Waals surface area contributed by atoms with Gasteiger partial charge in [0.15, 0.2) is 0 Å². The number of rotatable bonds is 2. The average molecular weight is 344 g/mol. The van der Waals surface area contributed by atoms with E-state index in [1.807, 2.05) is 27.7 Å². The molecule has 24 heavy (non-hydrogen) atoms. The molecule has 8 nitrogen and oxygen atoms in total. The summed E-state index contributed by atoms with van der Waals surface area (Å²) >= 11 is 0. The Morgan fingerprint density at radius 1 is 1.00 bits per heavy atom. The lowest BCUT2D eigenvalue weighted by molar-refractivity contribution is -0.170. The SMILES string of the molecule is CC1(COC(=O)N2CCN(C(=O)OC(C)(C)C)CC2)COCOC1. The van der Waals surface area contributed by atoms with Crippen LogP contribution in [0.15, 0.2) is 0 Å². The van der Waals surface area contributed by atoms with Crippen molar-refractivity contribution in [3.05, 3.63) is 0 Å². The second-order valence-corrected chi connectivity index (χ2v) is 7.63. The van der Waals surface area contributed by atoms with E-state index in [1.165, 1.54) is 0 Å². The molecule has 0 aromatic carbocycles. The molecule has 2 aliphatic heterocycles. The third kappa shape index (κ3) is 5.52. The van der Waals surface area contributed by atoms with E-state index in [9.17, 15) is 9.59 Å². The Morgan fingerprint density at radius 2 is 1.50 bits per heavy atom. The monoisotopic (exact) mass is 344 g/mol. The normalized spacial score (nSPS) is 21.3. The van der Waals surface area contributed by atoms with Crippen molar-refractivity contribution in [2.45, 2.75) is 33.3 Å². The molecule has 2 rings (SSSR count). The van der Waals surface area contributed by atoms with Gasteiger partial charge in [0.1, 0.15) is 19.0 Å². The van der Waals surface area contributed by atoms with Crippen molar-refractivity contribution in [2.75, 3.05) is 52.8 Å². The van der Waals surface area contributed by atoms with Crippen molar-refractivity contribution < 1.29 is 28.5 Å². The highest BCUT2D eigenvalue weighted by molar-refractivity contribution is 5.70. The first-order valence-corrected chi connectivity index (χ1v) is 8.24. The van der Waals surface area contributed by atoms with Crippen LogP contribution in [0.4, 0.5) is 9.59 Å². The molecule has 0 unspecified atom stereocenters. The minimum Gasteiger partial charge on any atom is -0.449 e. The van der Waals surface area contributed by atoms with Gasteiger partial charge in [0, 0.05) is 31.6 Å². The van der Waals surface area contributed by atoms with Crippen LogP contribution in [-0.4, -0.2) is 80.4 Å². The molecule has 2 heterocycles. The fourth-order valence-corrected chi connectivity index (χ4v) is 2.49. The van der Waals surface area contributed by atoms with Gasteiger partial charge in [-0.25, -0.2) is 9.59 Å². The fourth-order valence-electron chi connectivity index (χ4n) is 2.49. The summed E-state index contributed by atoms with van der Waals surface area (Å²) < 4.78 is 21.2. The number of amides is 2. The maximum Gasteiger partial charge on any atom is 0.410 e. The van der Waals surface area contributed by atoms with Crippen LogP contribution >= 0.6 is 0 Å². The molecule has 2 amide bonds. The van der Waals surface area contributed by atoms with Gasteiger partial charge < -0.3 is 28.7 Å². The summed E-state index contributed by atoms with van der Waals surface area (Å²) in [4.78, 5) is 27.4. The summed E-state index contributed by atoms with van der Waals surface area (Å²) in [7, 11) is 0. The second kappa shape index (κ2) is 7.57. The summed E-state index contributed by atoms with van der Waals surface area (Å²) in [6.07, 6.45) is -0.717. The zero-order valence-corrected chi connectivity index (χ0v) is 15.0. The molecule has 2 aliphatic rings. The Bertz CT molecular complexity index is 448. The van der Waals surface area contributed by atoms with Gasteiger partial charge in [-0.1, -0.05) is 6.92 Å². The van der Waals surface area contributed by atoms with E-state index >= 15 is 0 Å². The largest absolute Gasteiger partial charge is 0.449 e. The molecule has 0 bridgehead atoms. The van der Waals surface area contributed by atoms with E-state index in [4.69, 9.17) is 18.9 Å². The Labute approximate surface area is 142 Å². The number of piperazine rings is 1. The molecule has 138 valence electrons. The van der Waals surface area contributed by atoms with Crippen molar-refractivity contribution in [3.8, 4) is 0 Å². The molecular weight excluding hydrogens is 316 g/mol. The second-order valence-electron chi connectivity index (χ2n) is 7.63. The molecular formula is C16H28N2O6. The van der Waals surface area contributed by atoms with Gasteiger partial charge in [0.05, 0.1) is 13.2 Å². The zero-order chi connectivity index (χ0) is 17.8. The van der Waals surface area contributed by atoms with E-state index in [0.717, 1.165) is 0 Å². The van der Waals surface area contributed by atoms with Crippen molar-refractivity contribution in [3.63, 3.8) is 0 Å². The lowest BCUT2D eigenvalue weighted by atomic mass is 9.94. The summed E-state index contributed by atoms with van der Waals surface area (Å²) in [6, 6.07) is 0. The molecule has 0 aromatic heterocycles. The van der Waals surface area contributed by atoms with Crippen LogP contribution in [0.3, 0.4) is 0 Å². The predicted octanol–water partition coefficient (Wildman–Crippen LogP) is 1.69. The van der Waals surface area contributed by atoms with Crippen LogP contribution in [0, 0.1) is 5.41 Å². The first-order chi connectivity index (χ1) is 11.2. The van der Waals surface area contributed by atoms with E-state index in [0.29, 0.717) is 39.4 Å². The number of carbonyl (C=O) groups is 2. The third-order valence-corrected chi connectivity index (χ3v) is 3.80. The Balaban J connectivity index is 1.73. The third-order valence-electron chi connectivity index (χ3n) is 3.80. The molecule has 0 spiro atoms. The molecule has 0 saturated carbocycles. The van der Waals surface area contributed by atoms with Crippen LogP contribution in [0.1, 0.15) is 27.7 Å². The van der Waals surface area contributed by atoms with Gasteiger partial charge in [-0.2, -0.15) is 0 Å². The standard InChI is InChI=1S/C16H28N2O6/c1-15(2,3)24-14(20)18-7-5-17(6-8-18)13(19)23-11-16(4)9-21-12-22-10-16/h5-12H2,1-4H3. The van der Waals surface area contributed by atoms with Gasteiger partial charge in [0.25, 0.3) is 0 Å². The quantitative estimate of drug-likeness (QED) is 0.758. The van der Waals surface area contributed by atoms with Crippen molar-refractivity contribution >= 4 is 12.2 Å². The Kier molecular flexibility index (Phi) is 5.92. The number of ether oxygens (including phenoxy) is 4. The van der Waals surface area contributed by atoms with E-state index in [-0.39, 0.29) is 31.0 Å². The maximum absolute atomic E-state index is 12.2. The minimum atomic E-state index is -0.521. The predicted molar refractivity (Wildman–Crippen MR) is 85.6 cm³/mol. The topological polar surface area (TPSA) is 77.5 Å². The summed E-state index contributed by atoms with van der Waals surface area (Å²) in [5.74, 6) is 0. The van der Waals surface area contributed by atoms with Crippen LogP contribution < -0.4 is 0 Å². The van der Waals surface area contributed by atoms with Gasteiger partial charge in [-0.05, 0) is 20.8 Å². The van der Waals surface area contributed by atoms with Gasteiger partial charge in [0.2, 0.25) is 0 Å².